The molecule has 2 aliphatic heterocycles. The average Bonchev–Trinajstić information content (AvgIpc) is 3.12. The normalized spacial score (nSPS) is 20.6. The highest BCUT2D eigenvalue weighted by Crippen LogP contribution is 2.19. The summed E-state index contributed by atoms with van der Waals surface area (Å²) in [6, 6.07) is 7.52. The highest BCUT2D eigenvalue weighted by Gasteiger charge is 2.20. The zero-order chi connectivity index (χ0) is 16.8. The lowest BCUT2D eigenvalue weighted by Crippen LogP contribution is -2.51. The quantitative estimate of drug-likeness (QED) is 0.798. The molecule has 2 fully saturated rings. The van der Waals surface area contributed by atoms with Gasteiger partial charge in [-0.2, -0.15) is 0 Å². The summed E-state index contributed by atoms with van der Waals surface area (Å²) in [6.07, 6.45) is 2.30. The van der Waals surface area contributed by atoms with Crippen LogP contribution < -0.4 is 15.4 Å². The molecule has 7 heteroatoms. The second kappa shape index (κ2) is 8.01. The molecule has 1 atom stereocenters. The van der Waals surface area contributed by atoms with Crippen molar-refractivity contribution in [3.8, 4) is 5.75 Å². The minimum Gasteiger partial charge on any atom is -0.491 e. The van der Waals surface area contributed by atoms with Crippen LogP contribution in [-0.4, -0.2) is 62.2 Å². The maximum absolute atomic E-state index is 12.1. The Morgan fingerprint density at radius 3 is 3.17 bits per heavy atom. The van der Waals surface area contributed by atoms with Gasteiger partial charge in [0.1, 0.15) is 12.4 Å². The van der Waals surface area contributed by atoms with Crippen molar-refractivity contribution in [1.29, 1.82) is 0 Å². The Hall–Kier alpha value is -2.28. The van der Waals surface area contributed by atoms with Gasteiger partial charge in [0.2, 0.25) is 11.8 Å². The Balaban J connectivity index is 1.47. The maximum atomic E-state index is 12.1. The molecule has 2 amide bonds. The number of amides is 2. The Labute approximate surface area is 141 Å². The Bertz CT molecular complexity index is 587. The minimum absolute atomic E-state index is 0.0875. The predicted octanol–water partition coefficient (Wildman–Crippen LogP) is 0.615. The third kappa shape index (κ3) is 4.61. The van der Waals surface area contributed by atoms with Crippen LogP contribution in [0.1, 0.15) is 12.8 Å². The molecular formula is C17H23N3O4. The Kier molecular flexibility index (Phi) is 5.53. The Morgan fingerprint density at radius 1 is 1.46 bits per heavy atom. The first-order chi connectivity index (χ1) is 11.7. The van der Waals surface area contributed by atoms with Gasteiger partial charge in [0.25, 0.3) is 0 Å². The summed E-state index contributed by atoms with van der Waals surface area (Å²) in [4.78, 5) is 25.0. The van der Waals surface area contributed by atoms with Crippen LogP contribution in [0, 0.1) is 0 Å². The predicted molar refractivity (Wildman–Crippen MR) is 89.0 cm³/mol. The number of benzene rings is 1. The number of hydrogen-bond donors (Lipinski definition) is 2. The number of rotatable bonds is 6. The molecule has 7 nitrogen and oxygen atoms in total. The SMILES string of the molecule is O=C1CN(C(=O)CNc2cccc(OC[C@H]3CCCO3)c2)CCN1. The van der Waals surface area contributed by atoms with Crippen LogP contribution >= 0.6 is 0 Å². The smallest absolute Gasteiger partial charge is 0.242 e. The van der Waals surface area contributed by atoms with E-state index in [2.05, 4.69) is 10.6 Å². The van der Waals surface area contributed by atoms with E-state index in [1.807, 2.05) is 24.3 Å². The molecule has 2 N–H and O–H groups in total. The number of hydrogen-bond acceptors (Lipinski definition) is 5. The van der Waals surface area contributed by atoms with Crippen molar-refractivity contribution in [2.45, 2.75) is 18.9 Å². The summed E-state index contributed by atoms with van der Waals surface area (Å²) < 4.78 is 11.3. The molecule has 1 aromatic rings. The lowest BCUT2D eigenvalue weighted by Gasteiger charge is -2.26. The fourth-order valence-corrected chi connectivity index (χ4v) is 2.80. The van der Waals surface area contributed by atoms with Crippen LogP contribution in [0.3, 0.4) is 0 Å². The molecule has 0 unspecified atom stereocenters. The van der Waals surface area contributed by atoms with Crippen molar-refractivity contribution >= 4 is 17.5 Å². The lowest BCUT2D eigenvalue weighted by molar-refractivity contribution is -0.136. The van der Waals surface area contributed by atoms with Crippen LogP contribution in [0.4, 0.5) is 5.69 Å². The van der Waals surface area contributed by atoms with Crippen LogP contribution in [0.5, 0.6) is 5.75 Å². The molecule has 130 valence electrons. The van der Waals surface area contributed by atoms with E-state index in [4.69, 9.17) is 9.47 Å². The fourth-order valence-electron chi connectivity index (χ4n) is 2.80. The third-order valence-electron chi connectivity index (χ3n) is 4.13. The molecule has 0 radical (unpaired) electrons. The largest absolute Gasteiger partial charge is 0.491 e. The molecule has 0 bridgehead atoms. The van der Waals surface area contributed by atoms with Crippen molar-refractivity contribution in [3.05, 3.63) is 24.3 Å². The molecule has 0 saturated carbocycles. The first-order valence-corrected chi connectivity index (χ1v) is 8.33. The summed E-state index contributed by atoms with van der Waals surface area (Å²) in [7, 11) is 0. The van der Waals surface area contributed by atoms with E-state index in [-0.39, 0.29) is 31.0 Å². The summed E-state index contributed by atoms with van der Waals surface area (Å²) in [6.45, 7) is 2.71. The molecule has 0 spiro atoms. The highest BCUT2D eigenvalue weighted by atomic mass is 16.5. The van der Waals surface area contributed by atoms with Gasteiger partial charge in [0.05, 0.1) is 19.2 Å². The maximum Gasteiger partial charge on any atom is 0.242 e. The lowest BCUT2D eigenvalue weighted by atomic mass is 10.2. The van der Waals surface area contributed by atoms with Gasteiger partial charge in [0.15, 0.2) is 0 Å². The van der Waals surface area contributed by atoms with Gasteiger partial charge in [-0.25, -0.2) is 0 Å². The summed E-state index contributed by atoms with van der Waals surface area (Å²) in [5.74, 6) is 0.551. The van der Waals surface area contributed by atoms with E-state index in [0.29, 0.717) is 19.7 Å². The molecular weight excluding hydrogens is 310 g/mol. The van der Waals surface area contributed by atoms with Crippen LogP contribution in [0.2, 0.25) is 0 Å². The second-order valence-electron chi connectivity index (χ2n) is 5.99. The molecule has 2 aliphatic rings. The molecule has 0 aromatic heterocycles. The van der Waals surface area contributed by atoms with E-state index in [9.17, 15) is 9.59 Å². The van der Waals surface area contributed by atoms with Gasteiger partial charge in [-0.1, -0.05) is 6.07 Å². The number of carbonyl (C=O) groups is 2. The average molecular weight is 333 g/mol. The van der Waals surface area contributed by atoms with Crippen molar-refractivity contribution in [3.63, 3.8) is 0 Å². The molecule has 2 heterocycles. The van der Waals surface area contributed by atoms with Crippen molar-refractivity contribution in [1.82, 2.24) is 10.2 Å². The highest BCUT2D eigenvalue weighted by molar-refractivity contribution is 5.87. The first kappa shape index (κ1) is 16.6. The van der Waals surface area contributed by atoms with E-state index in [1.54, 1.807) is 4.90 Å². The zero-order valence-corrected chi connectivity index (χ0v) is 13.6. The van der Waals surface area contributed by atoms with Gasteiger partial charge in [-0.05, 0) is 25.0 Å². The summed E-state index contributed by atoms with van der Waals surface area (Å²) >= 11 is 0. The van der Waals surface area contributed by atoms with Crippen molar-refractivity contribution < 1.29 is 19.1 Å². The number of nitrogens with one attached hydrogen (secondary N) is 2. The third-order valence-corrected chi connectivity index (χ3v) is 4.13. The van der Waals surface area contributed by atoms with E-state index in [1.165, 1.54) is 0 Å². The van der Waals surface area contributed by atoms with Crippen molar-refractivity contribution in [2.75, 3.05) is 44.7 Å². The van der Waals surface area contributed by atoms with Gasteiger partial charge in [-0.15, -0.1) is 0 Å². The molecule has 1 aromatic carbocycles. The summed E-state index contributed by atoms with van der Waals surface area (Å²) in [5.41, 5.74) is 0.814. The second-order valence-corrected chi connectivity index (χ2v) is 5.99. The van der Waals surface area contributed by atoms with Gasteiger partial charge in [0, 0.05) is 31.5 Å². The van der Waals surface area contributed by atoms with E-state index >= 15 is 0 Å². The number of nitrogens with zero attached hydrogens (tertiary/aromatic N) is 1. The molecule has 0 aliphatic carbocycles. The molecule has 24 heavy (non-hydrogen) atoms. The number of ether oxygens (including phenoxy) is 2. The van der Waals surface area contributed by atoms with E-state index < -0.39 is 0 Å². The number of anilines is 1. The van der Waals surface area contributed by atoms with Crippen LogP contribution in [-0.2, 0) is 14.3 Å². The van der Waals surface area contributed by atoms with Gasteiger partial charge < -0.3 is 25.0 Å². The number of carbonyl (C=O) groups excluding carboxylic acids is 2. The molecule has 3 rings (SSSR count). The van der Waals surface area contributed by atoms with Gasteiger partial charge >= 0.3 is 0 Å². The molecule has 2 saturated heterocycles. The standard InChI is InChI=1S/C17H23N3O4/c21-16-11-20(7-6-18-16)17(22)10-19-13-3-1-4-14(9-13)24-12-15-5-2-8-23-15/h1,3-4,9,15,19H,2,5-8,10-12H2,(H,18,21)/t15-/m1/s1. The van der Waals surface area contributed by atoms with E-state index in [0.717, 1.165) is 30.9 Å². The first-order valence-electron chi connectivity index (χ1n) is 8.33. The van der Waals surface area contributed by atoms with Crippen molar-refractivity contribution in [2.24, 2.45) is 0 Å². The summed E-state index contributed by atoms with van der Waals surface area (Å²) in [5, 5.41) is 5.80. The number of piperazine rings is 1. The topological polar surface area (TPSA) is 79.9 Å². The monoisotopic (exact) mass is 333 g/mol. The zero-order valence-electron chi connectivity index (χ0n) is 13.6. The van der Waals surface area contributed by atoms with Crippen LogP contribution in [0.15, 0.2) is 24.3 Å². The van der Waals surface area contributed by atoms with Gasteiger partial charge in [-0.3, -0.25) is 9.59 Å². The van der Waals surface area contributed by atoms with Crippen LogP contribution in [0.25, 0.3) is 0 Å². The Morgan fingerprint density at radius 2 is 2.38 bits per heavy atom. The fraction of sp³-hybridized carbons (Fsp3) is 0.529. The minimum atomic E-state index is -0.112.